The summed E-state index contributed by atoms with van der Waals surface area (Å²) in [6.07, 6.45) is 13.0. The first kappa shape index (κ1) is 11.3. The van der Waals surface area contributed by atoms with Crippen LogP contribution in [0.5, 0.6) is 0 Å². The van der Waals surface area contributed by atoms with Crippen molar-refractivity contribution in [3.63, 3.8) is 0 Å². The number of rotatable bonds is 1. The molecule has 0 N–H and O–H groups in total. The van der Waals surface area contributed by atoms with Crippen molar-refractivity contribution >= 4 is 5.78 Å². The molecule has 0 aromatic rings. The average Bonchev–Trinajstić information content (AvgIpc) is 2.40. The highest BCUT2D eigenvalue weighted by atomic mass is 16.5. The molecule has 2 atom stereocenters. The smallest absolute Gasteiger partial charge is 0.165 e. The fraction of sp³-hybridized carbons (Fsp3) is 0.800. The van der Waals surface area contributed by atoms with E-state index in [1.54, 1.807) is 0 Å². The van der Waals surface area contributed by atoms with Crippen molar-refractivity contribution in [2.45, 2.75) is 63.9 Å². The van der Waals surface area contributed by atoms with Gasteiger partial charge in [0.15, 0.2) is 5.78 Å². The van der Waals surface area contributed by atoms with Crippen molar-refractivity contribution in [1.29, 1.82) is 0 Å². The van der Waals surface area contributed by atoms with Crippen molar-refractivity contribution in [2.24, 2.45) is 11.8 Å². The molecule has 0 aromatic heterocycles. The standard InChI is InChI=1S/C15H22O2/c16-13-10-15(11-6-2-1-3-7-11)17-14-9-5-4-8-12(13)14/h10-12,14H,1-9H2. The molecule has 2 heteroatoms. The molecule has 0 saturated heterocycles. The van der Waals surface area contributed by atoms with Crippen LogP contribution >= 0.6 is 0 Å². The molecule has 2 fully saturated rings. The third-order valence-electron chi connectivity index (χ3n) is 4.65. The molecule has 0 amide bonds. The molecule has 3 rings (SSSR count). The fourth-order valence-corrected chi connectivity index (χ4v) is 3.62. The fourth-order valence-electron chi connectivity index (χ4n) is 3.62. The summed E-state index contributed by atoms with van der Waals surface area (Å²) in [6.45, 7) is 0. The number of ketones is 1. The third-order valence-corrected chi connectivity index (χ3v) is 4.65. The van der Waals surface area contributed by atoms with E-state index in [0.717, 1.165) is 18.6 Å². The molecule has 2 saturated carbocycles. The molecule has 2 aliphatic carbocycles. The molecule has 0 bridgehead atoms. The molecule has 17 heavy (non-hydrogen) atoms. The lowest BCUT2D eigenvalue weighted by molar-refractivity contribution is -0.127. The highest BCUT2D eigenvalue weighted by molar-refractivity contribution is 5.93. The van der Waals surface area contributed by atoms with Gasteiger partial charge in [0.25, 0.3) is 0 Å². The van der Waals surface area contributed by atoms with Crippen LogP contribution in [0.15, 0.2) is 11.8 Å². The maximum absolute atomic E-state index is 12.1. The predicted molar refractivity (Wildman–Crippen MR) is 66.5 cm³/mol. The minimum absolute atomic E-state index is 0.177. The first-order valence-electron chi connectivity index (χ1n) is 7.26. The zero-order valence-corrected chi connectivity index (χ0v) is 10.5. The normalized spacial score (nSPS) is 34.8. The van der Waals surface area contributed by atoms with Crippen LogP contribution < -0.4 is 0 Å². The third kappa shape index (κ3) is 2.27. The van der Waals surface area contributed by atoms with E-state index in [9.17, 15) is 4.79 Å². The van der Waals surface area contributed by atoms with Crippen molar-refractivity contribution in [1.82, 2.24) is 0 Å². The number of allylic oxidation sites excluding steroid dienone is 2. The number of carbonyl (C=O) groups is 1. The molecule has 1 heterocycles. The van der Waals surface area contributed by atoms with Crippen molar-refractivity contribution < 1.29 is 9.53 Å². The van der Waals surface area contributed by atoms with Gasteiger partial charge in [-0.2, -0.15) is 0 Å². The SMILES string of the molecule is O=C1C=C(C2CCCCC2)OC2CCCCC12. The van der Waals surface area contributed by atoms with E-state index in [1.165, 1.54) is 44.9 Å². The largest absolute Gasteiger partial charge is 0.494 e. The van der Waals surface area contributed by atoms with Gasteiger partial charge in [-0.05, 0) is 32.1 Å². The second kappa shape index (κ2) is 4.83. The molecule has 0 spiro atoms. The van der Waals surface area contributed by atoms with E-state index < -0.39 is 0 Å². The second-order valence-corrected chi connectivity index (χ2v) is 5.83. The van der Waals surface area contributed by atoms with Crippen molar-refractivity contribution in [3.8, 4) is 0 Å². The van der Waals surface area contributed by atoms with E-state index >= 15 is 0 Å². The van der Waals surface area contributed by atoms with Crippen LogP contribution in [0.2, 0.25) is 0 Å². The van der Waals surface area contributed by atoms with Gasteiger partial charge in [0, 0.05) is 12.0 Å². The highest BCUT2D eigenvalue weighted by Crippen LogP contribution is 2.38. The number of hydrogen-bond acceptors (Lipinski definition) is 2. The minimum Gasteiger partial charge on any atom is -0.494 e. The summed E-state index contributed by atoms with van der Waals surface area (Å²) in [5, 5.41) is 0. The average molecular weight is 234 g/mol. The lowest BCUT2D eigenvalue weighted by Crippen LogP contribution is -2.37. The number of ether oxygens (including phenoxy) is 1. The molecule has 3 aliphatic rings. The lowest BCUT2D eigenvalue weighted by atomic mass is 9.79. The number of fused-ring (bicyclic) bond motifs is 1. The molecule has 0 aromatic carbocycles. The first-order valence-corrected chi connectivity index (χ1v) is 7.26. The molecular formula is C15H22O2. The highest BCUT2D eigenvalue weighted by Gasteiger charge is 2.37. The predicted octanol–water partition coefficient (Wildman–Crippen LogP) is 3.61. The van der Waals surface area contributed by atoms with Crippen molar-refractivity contribution in [2.75, 3.05) is 0 Å². The zero-order chi connectivity index (χ0) is 11.7. The Morgan fingerprint density at radius 3 is 2.47 bits per heavy atom. The summed E-state index contributed by atoms with van der Waals surface area (Å²) in [5.74, 6) is 2.09. The van der Waals surface area contributed by atoms with Crippen LogP contribution in [-0.2, 0) is 9.53 Å². The van der Waals surface area contributed by atoms with Gasteiger partial charge in [-0.15, -0.1) is 0 Å². The molecule has 94 valence electrons. The van der Waals surface area contributed by atoms with E-state index in [0.29, 0.717) is 11.7 Å². The summed E-state index contributed by atoms with van der Waals surface area (Å²) in [5.41, 5.74) is 0. The molecule has 2 nitrogen and oxygen atoms in total. The van der Waals surface area contributed by atoms with Crippen LogP contribution in [0, 0.1) is 11.8 Å². The van der Waals surface area contributed by atoms with Crippen LogP contribution in [0.1, 0.15) is 57.8 Å². The Hall–Kier alpha value is -0.790. The number of carbonyl (C=O) groups excluding carboxylic acids is 1. The Morgan fingerprint density at radius 1 is 0.941 bits per heavy atom. The summed E-state index contributed by atoms with van der Waals surface area (Å²) in [7, 11) is 0. The van der Waals surface area contributed by atoms with E-state index in [4.69, 9.17) is 4.74 Å². The van der Waals surface area contributed by atoms with Gasteiger partial charge in [-0.3, -0.25) is 4.79 Å². The van der Waals surface area contributed by atoms with E-state index in [2.05, 4.69) is 0 Å². The summed E-state index contributed by atoms with van der Waals surface area (Å²) < 4.78 is 6.14. The Bertz CT molecular complexity index is 326. The molecule has 1 aliphatic heterocycles. The summed E-state index contributed by atoms with van der Waals surface area (Å²) in [4.78, 5) is 12.1. The van der Waals surface area contributed by atoms with Gasteiger partial charge in [-0.25, -0.2) is 0 Å². The topological polar surface area (TPSA) is 26.3 Å². The quantitative estimate of drug-likeness (QED) is 0.693. The van der Waals surface area contributed by atoms with Crippen LogP contribution in [-0.4, -0.2) is 11.9 Å². The van der Waals surface area contributed by atoms with Gasteiger partial charge in [-0.1, -0.05) is 25.7 Å². The molecule has 0 radical (unpaired) electrons. The maximum atomic E-state index is 12.1. The van der Waals surface area contributed by atoms with Gasteiger partial charge in [0.05, 0.1) is 5.92 Å². The number of hydrogen-bond donors (Lipinski definition) is 0. The van der Waals surface area contributed by atoms with Gasteiger partial charge < -0.3 is 4.74 Å². The lowest BCUT2D eigenvalue weighted by Gasteiger charge is -2.37. The first-order chi connectivity index (χ1) is 8.34. The summed E-state index contributed by atoms with van der Waals surface area (Å²) >= 11 is 0. The Kier molecular flexibility index (Phi) is 3.21. The molecular weight excluding hydrogens is 212 g/mol. The summed E-state index contributed by atoms with van der Waals surface area (Å²) in [6, 6.07) is 0. The zero-order valence-electron chi connectivity index (χ0n) is 10.5. The van der Waals surface area contributed by atoms with E-state index in [1.807, 2.05) is 6.08 Å². The van der Waals surface area contributed by atoms with Gasteiger partial charge in [0.1, 0.15) is 11.9 Å². The monoisotopic (exact) mass is 234 g/mol. The Labute approximate surface area is 103 Å². The minimum atomic E-state index is 0.177. The maximum Gasteiger partial charge on any atom is 0.165 e. The van der Waals surface area contributed by atoms with Crippen LogP contribution in [0.3, 0.4) is 0 Å². The molecule has 2 unspecified atom stereocenters. The van der Waals surface area contributed by atoms with Crippen molar-refractivity contribution in [3.05, 3.63) is 11.8 Å². The Morgan fingerprint density at radius 2 is 1.65 bits per heavy atom. The van der Waals surface area contributed by atoms with Gasteiger partial charge in [0.2, 0.25) is 0 Å². The van der Waals surface area contributed by atoms with E-state index in [-0.39, 0.29) is 12.0 Å². The Balaban J connectivity index is 1.74. The van der Waals surface area contributed by atoms with Crippen LogP contribution in [0.4, 0.5) is 0 Å². The van der Waals surface area contributed by atoms with Crippen LogP contribution in [0.25, 0.3) is 0 Å². The second-order valence-electron chi connectivity index (χ2n) is 5.83. The van der Waals surface area contributed by atoms with Gasteiger partial charge >= 0.3 is 0 Å².